The van der Waals surface area contributed by atoms with E-state index in [4.69, 9.17) is 4.42 Å². The Morgan fingerprint density at radius 1 is 1.06 bits per heavy atom. The number of nitrogens with one attached hydrogen (secondary N) is 1. The molecule has 0 unspecified atom stereocenters. The van der Waals surface area contributed by atoms with Gasteiger partial charge in [-0.25, -0.2) is 13.4 Å². The summed E-state index contributed by atoms with van der Waals surface area (Å²) in [6.07, 6.45) is 3.04. The number of sulfonamides is 1. The molecule has 0 bridgehead atoms. The minimum absolute atomic E-state index is 0.0107. The minimum atomic E-state index is -4.24. The first-order valence-corrected chi connectivity index (χ1v) is 11.9. The van der Waals surface area contributed by atoms with Crippen LogP contribution < -0.4 is 9.62 Å². The van der Waals surface area contributed by atoms with E-state index in [1.807, 2.05) is 0 Å². The fourth-order valence-corrected chi connectivity index (χ4v) is 4.61. The summed E-state index contributed by atoms with van der Waals surface area (Å²) >= 11 is 0. The van der Waals surface area contributed by atoms with Crippen LogP contribution in [0.15, 0.2) is 101 Å². The molecule has 4 aromatic rings. The van der Waals surface area contributed by atoms with Crippen molar-refractivity contribution in [1.82, 2.24) is 4.98 Å². The summed E-state index contributed by atoms with van der Waals surface area (Å²) < 4.78 is 33.9. The topological polar surface area (TPSA) is 136 Å². The maximum Gasteiger partial charge on any atom is 0.270 e. The molecule has 1 amide bonds. The van der Waals surface area contributed by atoms with E-state index in [-0.39, 0.29) is 21.8 Å². The molecule has 0 aliphatic rings. The first-order chi connectivity index (χ1) is 16.8. The van der Waals surface area contributed by atoms with Crippen LogP contribution in [0.2, 0.25) is 0 Å². The predicted octanol–water partition coefficient (Wildman–Crippen LogP) is 4.79. The summed E-state index contributed by atoms with van der Waals surface area (Å²) in [5.41, 5.74) is -0.298. The summed E-state index contributed by atoms with van der Waals surface area (Å²) in [5, 5.41) is 11.1. The number of para-hydroxylation sites is 1. The Kier molecular flexibility index (Phi) is 6.60. The van der Waals surface area contributed by atoms with Gasteiger partial charge in [-0.3, -0.25) is 24.5 Å². The number of furan rings is 1. The van der Waals surface area contributed by atoms with Gasteiger partial charge in [0.25, 0.3) is 21.6 Å². The second-order valence-corrected chi connectivity index (χ2v) is 9.14. The molecule has 0 saturated carbocycles. The lowest BCUT2D eigenvalue weighted by molar-refractivity contribution is -0.385. The lowest BCUT2D eigenvalue weighted by atomic mass is 10.1. The second-order valence-electron chi connectivity index (χ2n) is 7.46. The quantitative estimate of drug-likeness (QED) is 0.276. The number of rotatable bonds is 8. The molecule has 0 radical (unpaired) electrons. The minimum Gasteiger partial charge on any atom is -0.467 e. The van der Waals surface area contributed by atoms with Crippen LogP contribution in [0.4, 0.5) is 17.2 Å². The predicted molar refractivity (Wildman–Crippen MR) is 129 cm³/mol. The van der Waals surface area contributed by atoms with Gasteiger partial charge < -0.3 is 4.42 Å². The van der Waals surface area contributed by atoms with Gasteiger partial charge in [0.1, 0.15) is 11.6 Å². The largest absolute Gasteiger partial charge is 0.467 e. The van der Waals surface area contributed by atoms with Crippen molar-refractivity contribution < 1.29 is 22.6 Å². The average Bonchev–Trinajstić information content (AvgIpc) is 3.40. The molecule has 0 spiro atoms. The highest BCUT2D eigenvalue weighted by Gasteiger charge is 2.29. The molecule has 1 N–H and O–H groups in total. The summed E-state index contributed by atoms with van der Waals surface area (Å²) in [4.78, 5) is 29.6. The number of carbonyl (C=O) groups excluding carboxylic acids is 1. The van der Waals surface area contributed by atoms with Gasteiger partial charge in [0, 0.05) is 18.3 Å². The van der Waals surface area contributed by atoms with Crippen LogP contribution in [0.3, 0.4) is 0 Å². The van der Waals surface area contributed by atoms with Gasteiger partial charge >= 0.3 is 0 Å². The third-order valence-electron chi connectivity index (χ3n) is 5.20. The molecule has 0 aliphatic carbocycles. The van der Waals surface area contributed by atoms with Crippen LogP contribution in [-0.2, 0) is 10.0 Å². The fourth-order valence-electron chi connectivity index (χ4n) is 3.49. The maximum atomic E-state index is 13.8. The van der Waals surface area contributed by atoms with Crippen molar-refractivity contribution in [3.63, 3.8) is 0 Å². The third kappa shape index (κ3) is 5.04. The van der Waals surface area contributed by atoms with E-state index in [1.54, 1.807) is 55.6 Å². The molecule has 2 heterocycles. The monoisotopic (exact) mass is 492 g/mol. The molecular weight excluding hydrogens is 472 g/mol. The van der Waals surface area contributed by atoms with Gasteiger partial charge in [-0.15, -0.1) is 0 Å². The van der Waals surface area contributed by atoms with E-state index in [2.05, 4.69) is 9.71 Å². The van der Waals surface area contributed by atoms with E-state index in [1.165, 1.54) is 41.5 Å². The van der Waals surface area contributed by atoms with Crippen molar-refractivity contribution in [3.8, 4) is 0 Å². The van der Waals surface area contributed by atoms with Crippen LogP contribution in [0.1, 0.15) is 29.1 Å². The average molecular weight is 493 g/mol. The molecule has 35 heavy (non-hydrogen) atoms. The molecule has 11 heteroatoms. The van der Waals surface area contributed by atoms with Gasteiger partial charge in [0.2, 0.25) is 0 Å². The van der Waals surface area contributed by atoms with Crippen LogP contribution in [0, 0.1) is 10.1 Å². The highest BCUT2D eigenvalue weighted by atomic mass is 32.2. The van der Waals surface area contributed by atoms with Gasteiger partial charge in [0.05, 0.1) is 33.4 Å². The van der Waals surface area contributed by atoms with E-state index < -0.39 is 26.9 Å². The fraction of sp³-hybridized carbons (Fsp3) is 0.0833. The van der Waals surface area contributed by atoms with Gasteiger partial charge in [-0.05, 0) is 49.4 Å². The van der Waals surface area contributed by atoms with Crippen molar-refractivity contribution >= 4 is 33.1 Å². The molecule has 178 valence electrons. The van der Waals surface area contributed by atoms with E-state index in [0.717, 1.165) is 6.07 Å². The number of pyridine rings is 1. The van der Waals surface area contributed by atoms with Crippen LogP contribution in [0.5, 0.6) is 0 Å². The molecule has 0 saturated heterocycles. The van der Waals surface area contributed by atoms with Crippen molar-refractivity contribution in [2.24, 2.45) is 0 Å². The number of anilines is 2. The lowest BCUT2D eigenvalue weighted by Crippen LogP contribution is -2.34. The van der Waals surface area contributed by atoms with E-state index in [9.17, 15) is 23.3 Å². The van der Waals surface area contributed by atoms with E-state index in [0.29, 0.717) is 11.6 Å². The number of nitrogens with zero attached hydrogens (tertiary/aromatic N) is 3. The number of aromatic nitrogens is 1. The molecule has 2 aromatic heterocycles. The van der Waals surface area contributed by atoms with Crippen LogP contribution >= 0.6 is 0 Å². The Morgan fingerprint density at radius 2 is 1.83 bits per heavy atom. The molecule has 2 aromatic carbocycles. The smallest absolute Gasteiger partial charge is 0.270 e. The standard InChI is InChI=1S/C24H20N4O6S/c1-17(22-12-7-15-34-22)27(23-13-4-5-14-25-23)24(29)20-10-2-3-11-21(20)26-35(32,33)19-9-6-8-18(16-19)28(30)31/h2-17,26H,1H3/t17-/m1/s1. The molecule has 10 nitrogen and oxygen atoms in total. The second kappa shape index (κ2) is 9.77. The van der Waals surface area contributed by atoms with Gasteiger partial charge in [-0.2, -0.15) is 0 Å². The number of benzene rings is 2. The SMILES string of the molecule is C[C@H](c1ccco1)N(C(=O)c1ccccc1NS(=O)(=O)c1cccc([N+](=O)[O-])c1)c1ccccn1. The first kappa shape index (κ1) is 23.6. The molecule has 4 rings (SSSR count). The number of nitro benzene ring substituents is 1. The van der Waals surface area contributed by atoms with Crippen molar-refractivity contribution in [2.45, 2.75) is 17.9 Å². The number of carbonyl (C=O) groups is 1. The lowest BCUT2D eigenvalue weighted by Gasteiger charge is -2.28. The maximum absolute atomic E-state index is 13.8. The van der Waals surface area contributed by atoms with Crippen molar-refractivity contribution in [1.29, 1.82) is 0 Å². The Bertz CT molecular complexity index is 1460. The Hall–Kier alpha value is -4.51. The van der Waals surface area contributed by atoms with Crippen molar-refractivity contribution in [3.05, 3.63) is 113 Å². The Morgan fingerprint density at radius 3 is 2.51 bits per heavy atom. The van der Waals surface area contributed by atoms with Crippen LogP contribution in [0.25, 0.3) is 0 Å². The summed E-state index contributed by atoms with van der Waals surface area (Å²) in [5.74, 6) is 0.335. The Labute approximate surface area is 201 Å². The summed E-state index contributed by atoms with van der Waals surface area (Å²) in [6, 6.07) is 18.7. The highest BCUT2D eigenvalue weighted by Crippen LogP contribution is 2.30. The van der Waals surface area contributed by atoms with E-state index >= 15 is 0 Å². The number of non-ortho nitro benzene ring substituents is 1. The molecule has 0 aliphatic heterocycles. The zero-order valence-corrected chi connectivity index (χ0v) is 19.3. The van der Waals surface area contributed by atoms with Gasteiger partial charge in [-0.1, -0.05) is 24.3 Å². The number of amides is 1. The zero-order chi connectivity index (χ0) is 25.0. The first-order valence-electron chi connectivity index (χ1n) is 10.4. The van der Waals surface area contributed by atoms with Crippen molar-refractivity contribution in [2.75, 3.05) is 9.62 Å². The van der Waals surface area contributed by atoms with Crippen LogP contribution in [-0.4, -0.2) is 24.2 Å². The number of nitro groups is 1. The third-order valence-corrected chi connectivity index (χ3v) is 6.56. The van der Waals surface area contributed by atoms with Gasteiger partial charge in [0.15, 0.2) is 0 Å². The number of hydrogen-bond donors (Lipinski definition) is 1. The molecule has 1 atom stereocenters. The summed E-state index contributed by atoms with van der Waals surface area (Å²) in [6.45, 7) is 1.77. The summed E-state index contributed by atoms with van der Waals surface area (Å²) in [7, 11) is -4.24. The number of hydrogen-bond acceptors (Lipinski definition) is 7. The molecule has 0 fully saturated rings. The Balaban J connectivity index is 1.73. The normalized spacial score (nSPS) is 12.0. The molecular formula is C24H20N4O6S. The zero-order valence-electron chi connectivity index (χ0n) is 18.4. The highest BCUT2D eigenvalue weighted by molar-refractivity contribution is 7.92.